The van der Waals surface area contributed by atoms with Crippen molar-refractivity contribution in [3.63, 3.8) is 0 Å². The van der Waals surface area contributed by atoms with Crippen LogP contribution in [0.4, 0.5) is 0 Å². The smallest absolute Gasteiger partial charge is 0.248 e. The number of likely N-dealkylation sites (tertiary alicyclic amines) is 1. The molecule has 1 saturated heterocycles. The van der Waals surface area contributed by atoms with Crippen molar-refractivity contribution in [3.05, 3.63) is 70.8 Å². The summed E-state index contributed by atoms with van der Waals surface area (Å²) >= 11 is 0. The van der Waals surface area contributed by atoms with Crippen LogP contribution in [-0.2, 0) is 17.4 Å². The molecule has 2 atom stereocenters. The highest BCUT2D eigenvalue weighted by Gasteiger charge is 2.38. The fourth-order valence-corrected chi connectivity index (χ4v) is 4.29. The summed E-state index contributed by atoms with van der Waals surface area (Å²) in [5.74, 6) is 0.146. The highest BCUT2D eigenvalue weighted by atomic mass is 16.1. The van der Waals surface area contributed by atoms with Gasteiger partial charge in [0.25, 0.3) is 0 Å². The molecule has 3 heteroatoms. The van der Waals surface area contributed by atoms with E-state index in [-0.39, 0.29) is 16.7 Å². The van der Waals surface area contributed by atoms with E-state index in [1.165, 1.54) is 16.7 Å². The number of amides is 1. The molecule has 150 valence electrons. The first-order valence-corrected chi connectivity index (χ1v) is 10.3. The lowest BCUT2D eigenvalue weighted by Crippen LogP contribution is -2.47. The lowest BCUT2D eigenvalue weighted by Gasteiger charge is -2.45. The molecule has 1 aliphatic heterocycles. The van der Waals surface area contributed by atoms with Gasteiger partial charge in [-0.25, -0.2) is 0 Å². The van der Waals surface area contributed by atoms with Crippen LogP contribution >= 0.6 is 0 Å². The van der Waals surface area contributed by atoms with Crippen LogP contribution in [0.5, 0.6) is 0 Å². The van der Waals surface area contributed by atoms with Crippen LogP contribution in [-0.4, -0.2) is 23.9 Å². The van der Waals surface area contributed by atoms with Crippen molar-refractivity contribution in [2.75, 3.05) is 13.1 Å². The Balaban J connectivity index is 1.69. The Bertz CT molecular complexity index is 834. The first kappa shape index (κ1) is 20.6. The van der Waals surface area contributed by atoms with Crippen molar-refractivity contribution in [3.8, 4) is 0 Å². The molecule has 28 heavy (non-hydrogen) atoms. The van der Waals surface area contributed by atoms with E-state index in [4.69, 9.17) is 5.73 Å². The number of piperidine rings is 1. The Morgan fingerprint density at radius 3 is 2.43 bits per heavy atom. The van der Waals surface area contributed by atoms with Gasteiger partial charge in [-0.3, -0.25) is 9.69 Å². The summed E-state index contributed by atoms with van der Waals surface area (Å²) in [7, 11) is 0. The van der Waals surface area contributed by atoms with Gasteiger partial charge < -0.3 is 5.73 Å². The van der Waals surface area contributed by atoms with Gasteiger partial charge in [-0.05, 0) is 58.5 Å². The van der Waals surface area contributed by atoms with Crippen LogP contribution in [0.15, 0.2) is 48.5 Å². The number of primary amides is 1. The molecule has 3 nitrogen and oxygen atoms in total. The number of hydrogen-bond acceptors (Lipinski definition) is 2. The Labute approximate surface area is 169 Å². The molecule has 0 bridgehead atoms. The molecule has 3 rings (SSSR count). The van der Waals surface area contributed by atoms with Crippen LogP contribution in [0, 0.1) is 5.92 Å². The number of nitrogens with zero attached hydrogens (tertiary/aromatic N) is 1. The van der Waals surface area contributed by atoms with Gasteiger partial charge in [0.2, 0.25) is 5.91 Å². The SMILES string of the molecule is C[C@H]1CN(Cc2ccc(C(C)(C)C)cc2)CC[C@@]1(C)c1cccc(C(N)=O)c1. The van der Waals surface area contributed by atoms with E-state index in [1.54, 1.807) is 6.07 Å². The first-order valence-electron chi connectivity index (χ1n) is 10.3. The Morgan fingerprint density at radius 2 is 1.86 bits per heavy atom. The van der Waals surface area contributed by atoms with Gasteiger partial charge in [0.1, 0.15) is 0 Å². The van der Waals surface area contributed by atoms with Crippen LogP contribution < -0.4 is 5.73 Å². The van der Waals surface area contributed by atoms with Crippen molar-refractivity contribution in [1.82, 2.24) is 4.90 Å². The number of carbonyl (C=O) groups is 1. The van der Waals surface area contributed by atoms with Gasteiger partial charge in [-0.1, -0.05) is 71.0 Å². The molecular weight excluding hydrogens is 344 g/mol. The fourth-order valence-electron chi connectivity index (χ4n) is 4.29. The zero-order valence-electron chi connectivity index (χ0n) is 18.0. The van der Waals surface area contributed by atoms with Crippen molar-refractivity contribution in [2.24, 2.45) is 11.7 Å². The number of rotatable bonds is 4. The van der Waals surface area contributed by atoms with Crippen molar-refractivity contribution >= 4 is 5.91 Å². The summed E-state index contributed by atoms with van der Waals surface area (Å²) in [5.41, 5.74) is 10.3. The van der Waals surface area contributed by atoms with E-state index in [0.717, 1.165) is 26.1 Å². The lowest BCUT2D eigenvalue weighted by atomic mass is 9.67. The minimum absolute atomic E-state index is 0.0675. The van der Waals surface area contributed by atoms with Gasteiger partial charge in [0.05, 0.1) is 0 Å². The number of hydrogen-bond donors (Lipinski definition) is 1. The molecule has 0 unspecified atom stereocenters. The molecule has 0 aliphatic carbocycles. The maximum absolute atomic E-state index is 11.6. The Kier molecular flexibility index (Phi) is 5.67. The largest absolute Gasteiger partial charge is 0.366 e. The summed E-state index contributed by atoms with van der Waals surface area (Å²) in [6.45, 7) is 14.5. The highest BCUT2D eigenvalue weighted by molar-refractivity contribution is 5.92. The summed E-state index contributed by atoms with van der Waals surface area (Å²) in [4.78, 5) is 14.1. The van der Waals surface area contributed by atoms with Crippen LogP contribution in [0.25, 0.3) is 0 Å². The lowest BCUT2D eigenvalue weighted by molar-refractivity contribution is 0.0996. The molecule has 2 N–H and O–H groups in total. The van der Waals surface area contributed by atoms with Gasteiger partial charge in [-0.2, -0.15) is 0 Å². The minimum Gasteiger partial charge on any atom is -0.366 e. The van der Waals surface area contributed by atoms with Crippen molar-refractivity contribution in [1.29, 1.82) is 0 Å². The molecule has 0 radical (unpaired) electrons. The van der Waals surface area contributed by atoms with Crippen LogP contribution in [0.2, 0.25) is 0 Å². The zero-order chi connectivity index (χ0) is 20.5. The molecular formula is C25H34N2O. The number of carbonyl (C=O) groups excluding carboxylic acids is 1. The quantitative estimate of drug-likeness (QED) is 0.824. The van der Waals surface area contributed by atoms with Crippen LogP contribution in [0.1, 0.15) is 68.1 Å². The van der Waals surface area contributed by atoms with E-state index < -0.39 is 0 Å². The zero-order valence-corrected chi connectivity index (χ0v) is 18.0. The highest BCUT2D eigenvalue weighted by Crippen LogP contribution is 2.40. The second-order valence-electron chi connectivity index (χ2n) is 9.70. The summed E-state index contributed by atoms with van der Waals surface area (Å²) in [6, 6.07) is 17.0. The molecule has 0 aromatic heterocycles. The molecule has 0 spiro atoms. The first-order chi connectivity index (χ1) is 13.1. The molecule has 1 amide bonds. The topological polar surface area (TPSA) is 46.3 Å². The van der Waals surface area contributed by atoms with E-state index in [9.17, 15) is 4.79 Å². The molecule has 2 aromatic carbocycles. The number of nitrogens with two attached hydrogens (primary N) is 1. The number of benzene rings is 2. The minimum atomic E-state index is -0.353. The summed E-state index contributed by atoms with van der Waals surface area (Å²) < 4.78 is 0. The monoisotopic (exact) mass is 378 g/mol. The van der Waals surface area contributed by atoms with E-state index >= 15 is 0 Å². The van der Waals surface area contributed by atoms with Gasteiger partial charge in [-0.15, -0.1) is 0 Å². The van der Waals surface area contributed by atoms with Gasteiger partial charge >= 0.3 is 0 Å². The van der Waals surface area contributed by atoms with E-state index in [1.807, 2.05) is 12.1 Å². The maximum Gasteiger partial charge on any atom is 0.248 e. The third-order valence-electron chi connectivity index (χ3n) is 6.60. The summed E-state index contributed by atoms with van der Waals surface area (Å²) in [5, 5.41) is 0. The molecule has 2 aromatic rings. The predicted octanol–water partition coefficient (Wildman–Crippen LogP) is 4.88. The standard InChI is InChI=1S/C25H34N2O/c1-18-16-27(17-19-9-11-21(12-10-19)24(2,3)4)14-13-25(18,5)22-8-6-7-20(15-22)23(26)28/h6-12,15,18H,13-14,16-17H2,1-5H3,(H2,26,28)/t18-,25+/m0/s1. The van der Waals surface area contributed by atoms with E-state index in [0.29, 0.717) is 11.5 Å². The summed E-state index contributed by atoms with van der Waals surface area (Å²) in [6.07, 6.45) is 1.08. The second kappa shape index (κ2) is 7.71. The average Bonchev–Trinajstić information content (AvgIpc) is 2.64. The third kappa shape index (κ3) is 4.30. The third-order valence-corrected chi connectivity index (χ3v) is 6.60. The Morgan fingerprint density at radius 1 is 1.18 bits per heavy atom. The van der Waals surface area contributed by atoms with Gasteiger partial charge in [0.15, 0.2) is 0 Å². The average molecular weight is 379 g/mol. The normalized spacial score (nSPS) is 23.5. The molecule has 1 fully saturated rings. The maximum atomic E-state index is 11.6. The molecule has 1 heterocycles. The second-order valence-corrected chi connectivity index (χ2v) is 9.70. The van der Waals surface area contributed by atoms with Crippen molar-refractivity contribution < 1.29 is 4.79 Å². The predicted molar refractivity (Wildman–Crippen MR) is 117 cm³/mol. The van der Waals surface area contributed by atoms with E-state index in [2.05, 4.69) is 69.9 Å². The molecule has 1 aliphatic rings. The molecule has 0 saturated carbocycles. The van der Waals surface area contributed by atoms with Gasteiger partial charge in [0, 0.05) is 18.7 Å². The fraction of sp³-hybridized carbons (Fsp3) is 0.480. The Hall–Kier alpha value is -2.13. The van der Waals surface area contributed by atoms with Crippen molar-refractivity contribution in [2.45, 2.75) is 58.4 Å². The van der Waals surface area contributed by atoms with Crippen LogP contribution in [0.3, 0.4) is 0 Å².